The Morgan fingerprint density at radius 3 is 2.57 bits per heavy atom. The van der Waals surface area contributed by atoms with Crippen LogP contribution >= 0.6 is 0 Å². The van der Waals surface area contributed by atoms with Gasteiger partial charge in [0, 0.05) is 11.6 Å². The van der Waals surface area contributed by atoms with Crippen molar-refractivity contribution >= 4 is 12.0 Å². The summed E-state index contributed by atoms with van der Waals surface area (Å²) in [6, 6.07) is 7.34. The number of aldehydes is 1. The topological polar surface area (TPSA) is 78.7 Å². The second-order valence-corrected chi connectivity index (χ2v) is 4.03. The van der Waals surface area contributed by atoms with E-state index in [1.165, 1.54) is 31.4 Å². The number of nitro groups is 1. The molecule has 0 saturated carbocycles. The fourth-order valence-electron chi connectivity index (χ4n) is 1.69. The van der Waals surface area contributed by atoms with E-state index < -0.39 is 10.7 Å². The zero-order chi connectivity index (χ0) is 15.4. The van der Waals surface area contributed by atoms with Gasteiger partial charge in [-0.3, -0.25) is 14.9 Å². The maximum Gasteiger partial charge on any atom is 0.315 e. The van der Waals surface area contributed by atoms with E-state index in [9.17, 15) is 19.3 Å². The number of halogens is 1. The Morgan fingerprint density at radius 2 is 1.95 bits per heavy atom. The molecule has 0 spiro atoms. The number of hydrogen-bond donors (Lipinski definition) is 0. The monoisotopic (exact) mass is 291 g/mol. The first-order chi connectivity index (χ1) is 10.0. The van der Waals surface area contributed by atoms with Crippen molar-refractivity contribution in [2.45, 2.75) is 0 Å². The number of ether oxygens (including phenoxy) is 2. The predicted octanol–water partition coefficient (Wildman–Crippen LogP) is 3.35. The van der Waals surface area contributed by atoms with Crippen LogP contribution in [0.3, 0.4) is 0 Å². The van der Waals surface area contributed by atoms with Gasteiger partial charge < -0.3 is 9.47 Å². The average Bonchev–Trinajstić information content (AvgIpc) is 2.46. The van der Waals surface area contributed by atoms with Crippen LogP contribution in [0.2, 0.25) is 0 Å². The van der Waals surface area contributed by atoms with Crippen LogP contribution in [-0.4, -0.2) is 18.3 Å². The molecule has 0 unspecified atom stereocenters. The molecule has 108 valence electrons. The molecule has 6 nitrogen and oxygen atoms in total. The number of nitro benzene ring substituents is 1. The van der Waals surface area contributed by atoms with Gasteiger partial charge in [0.05, 0.1) is 18.1 Å². The van der Waals surface area contributed by atoms with Gasteiger partial charge >= 0.3 is 5.69 Å². The molecule has 0 bridgehead atoms. The summed E-state index contributed by atoms with van der Waals surface area (Å²) in [5, 5.41) is 11.0. The number of methoxy groups -OCH3 is 1. The fourth-order valence-corrected chi connectivity index (χ4v) is 1.69. The second kappa shape index (κ2) is 6.00. The van der Waals surface area contributed by atoms with Gasteiger partial charge in [0.1, 0.15) is 23.6 Å². The molecule has 0 atom stereocenters. The standard InChI is InChI=1S/C14H10FNO5/c1-20-11-2-3-14(13(7-11)16(18)19)21-12-5-9(8-17)4-10(15)6-12/h2-8H,1H3. The van der Waals surface area contributed by atoms with Crippen molar-refractivity contribution in [3.05, 3.63) is 57.9 Å². The van der Waals surface area contributed by atoms with Crippen LogP contribution < -0.4 is 9.47 Å². The summed E-state index contributed by atoms with van der Waals surface area (Å²) in [4.78, 5) is 21.0. The first-order valence-corrected chi connectivity index (χ1v) is 5.79. The number of carbonyl (C=O) groups is 1. The third-order valence-electron chi connectivity index (χ3n) is 2.62. The highest BCUT2D eigenvalue weighted by molar-refractivity contribution is 5.75. The van der Waals surface area contributed by atoms with Crippen LogP contribution in [0.5, 0.6) is 17.2 Å². The van der Waals surface area contributed by atoms with E-state index in [-0.39, 0.29) is 22.7 Å². The Morgan fingerprint density at radius 1 is 1.19 bits per heavy atom. The number of benzene rings is 2. The van der Waals surface area contributed by atoms with Crippen LogP contribution in [0, 0.1) is 15.9 Å². The van der Waals surface area contributed by atoms with Crippen LogP contribution in [-0.2, 0) is 0 Å². The summed E-state index contributed by atoms with van der Waals surface area (Å²) in [6.07, 6.45) is 0.457. The highest BCUT2D eigenvalue weighted by Crippen LogP contribution is 2.34. The Hall–Kier alpha value is -2.96. The van der Waals surface area contributed by atoms with Crippen molar-refractivity contribution < 1.29 is 23.6 Å². The SMILES string of the molecule is COc1ccc(Oc2cc(F)cc(C=O)c2)c([N+](=O)[O-])c1. The Labute approximate surface area is 118 Å². The summed E-state index contributed by atoms with van der Waals surface area (Å²) in [7, 11) is 1.38. The minimum absolute atomic E-state index is 0.00892. The van der Waals surface area contributed by atoms with Crippen LogP contribution in [0.15, 0.2) is 36.4 Å². The number of hydrogen-bond acceptors (Lipinski definition) is 5. The molecule has 7 heteroatoms. The first kappa shape index (κ1) is 14.4. The normalized spacial score (nSPS) is 10.0. The van der Waals surface area contributed by atoms with E-state index in [4.69, 9.17) is 9.47 Å². The quantitative estimate of drug-likeness (QED) is 0.479. The smallest absolute Gasteiger partial charge is 0.315 e. The maximum atomic E-state index is 13.3. The van der Waals surface area contributed by atoms with E-state index in [2.05, 4.69) is 0 Å². The lowest BCUT2D eigenvalue weighted by molar-refractivity contribution is -0.385. The molecule has 0 heterocycles. The molecule has 0 aromatic heterocycles. The third kappa shape index (κ3) is 3.33. The van der Waals surface area contributed by atoms with E-state index in [0.29, 0.717) is 12.0 Å². The molecule has 0 N–H and O–H groups in total. The van der Waals surface area contributed by atoms with Gasteiger partial charge in [0.15, 0.2) is 0 Å². The van der Waals surface area contributed by atoms with Crippen LogP contribution in [0.1, 0.15) is 10.4 Å². The molecular formula is C14H10FNO5. The minimum atomic E-state index is -0.675. The molecule has 2 rings (SSSR count). The van der Waals surface area contributed by atoms with Gasteiger partial charge in [-0.15, -0.1) is 0 Å². The van der Waals surface area contributed by atoms with Gasteiger partial charge in [-0.25, -0.2) is 4.39 Å². The summed E-state index contributed by atoms with van der Waals surface area (Å²) < 4.78 is 23.5. The number of rotatable bonds is 5. The zero-order valence-electron chi connectivity index (χ0n) is 10.9. The highest BCUT2D eigenvalue weighted by Gasteiger charge is 2.17. The molecule has 0 radical (unpaired) electrons. The van der Waals surface area contributed by atoms with E-state index in [0.717, 1.165) is 12.1 Å². The molecular weight excluding hydrogens is 281 g/mol. The summed E-state index contributed by atoms with van der Waals surface area (Å²) in [6.45, 7) is 0. The van der Waals surface area contributed by atoms with Crippen molar-refractivity contribution in [3.8, 4) is 17.2 Å². The minimum Gasteiger partial charge on any atom is -0.496 e. The van der Waals surface area contributed by atoms with Gasteiger partial charge in [-0.2, -0.15) is 0 Å². The van der Waals surface area contributed by atoms with Crippen molar-refractivity contribution in [3.63, 3.8) is 0 Å². The Kier molecular flexibility index (Phi) is 4.13. The van der Waals surface area contributed by atoms with E-state index in [1.807, 2.05) is 0 Å². The summed E-state index contributed by atoms with van der Waals surface area (Å²) in [5.41, 5.74) is -0.257. The summed E-state index contributed by atoms with van der Waals surface area (Å²) in [5.74, 6) is -0.471. The first-order valence-electron chi connectivity index (χ1n) is 5.79. The fraction of sp³-hybridized carbons (Fsp3) is 0.0714. The van der Waals surface area contributed by atoms with E-state index >= 15 is 0 Å². The van der Waals surface area contributed by atoms with Crippen molar-refractivity contribution in [2.24, 2.45) is 0 Å². The highest BCUT2D eigenvalue weighted by atomic mass is 19.1. The van der Waals surface area contributed by atoms with Crippen LogP contribution in [0.25, 0.3) is 0 Å². The molecule has 0 aliphatic carbocycles. The molecule has 21 heavy (non-hydrogen) atoms. The van der Waals surface area contributed by atoms with E-state index in [1.54, 1.807) is 0 Å². The van der Waals surface area contributed by atoms with Crippen molar-refractivity contribution in [2.75, 3.05) is 7.11 Å². The molecule has 2 aromatic rings. The molecule has 0 amide bonds. The lowest BCUT2D eigenvalue weighted by atomic mass is 10.2. The Bertz CT molecular complexity index is 702. The molecule has 0 aliphatic heterocycles. The number of nitrogens with zero attached hydrogens (tertiary/aromatic N) is 1. The largest absolute Gasteiger partial charge is 0.496 e. The van der Waals surface area contributed by atoms with Crippen molar-refractivity contribution in [1.82, 2.24) is 0 Å². The second-order valence-electron chi connectivity index (χ2n) is 4.03. The lowest BCUT2D eigenvalue weighted by Crippen LogP contribution is -1.95. The third-order valence-corrected chi connectivity index (χ3v) is 2.62. The lowest BCUT2D eigenvalue weighted by Gasteiger charge is -2.08. The van der Waals surface area contributed by atoms with Crippen LogP contribution in [0.4, 0.5) is 10.1 Å². The molecule has 0 saturated heterocycles. The van der Waals surface area contributed by atoms with Gasteiger partial charge in [-0.05, 0) is 24.3 Å². The van der Waals surface area contributed by atoms with Gasteiger partial charge in [0.2, 0.25) is 5.75 Å². The van der Waals surface area contributed by atoms with Gasteiger partial charge in [-0.1, -0.05) is 0 Å². The number of carbonyl (C=O) groups excluding carboxylic acids is 1. The zero-order valence-corrected chi connectivity index (χ0v) is 10.9. The molecule has 0 fully saturated rings. The Balaban J connectivity index is 2.41. The van der Waals surface area contributed by atoms with Crippen molar-refractivity contribution in [1.29, 1.82) is 0 Å². The van der Waals surface area contributed by atoms with Gasteiger partial charge in [0.25, 0.3) is 0 Å². The predicted molar refractivity (Wildman–Crippen MR) is 71.5 cm³/mol. The maximum absolute atomic E-state index is 13.3. The summed E-state index contributed by atoms with van der Waals surface area (Å²) >= 11 is 0. The average molecular weight is 291 g/mol. The molecule has 0 aliphatic rings. The molecule has 2 aromatic carbocycles.